The van der Waals surface area contributed by atoms with Gasteiger partial charge in [0.25, 0.3) is 0 Å². The number of carboxylic acid groups (broad SMARTS) is 1. The number of likely N-dealkylation sites (tertiary alicyclic amines) is 1. The van der Waals surface area contributed by atoms with Crippen molar-refractivity contribution < 1.29 is 9.90 Å². The van der Waals surface area contributed by atoms with Crippen molar-refractivity contribution in [3.63, 3.8) is 0 Å². The van der Waals surface area contributed by atoms with Crippen molar-refractivity contribution >= 4 is 5.97 Å². The normalized spacial score (nSPS) is 37.2. The fourth-order valence-corrected chi connectivity index (χ4v) is 3.42. The number of carbonyl (C=O) groups is 1. The predicted octanol–water partition coefficient (Wildman–Crippen LogP) is 2.50. The van der Waals surface area contributed by atoms with E-state index in [9.17, 15) is 9.90 Å². The monoisotopic (exact) mass is 225 g/mol. The minimum Gasteiger partial charge on any atom is -0.481 e. The van der Waals surface area contributed by atoms with Gasteiger partial charge in [0.1, 0.15) is 0 Å². The topological polar surface area (TPSA) is 40.5 Å². The Bertz CT molecular complexity index is 254. The summed E-state index contributed by atoms with van der Waals surface area (Å²) in [5.74, 6) is -0.695. The molecule has 1 heterocycles. The van der Waals surface area contributed by atoms with E-state index in [2.05, 4.69) is 11.8 Å². The van der Waals surface area contributed by atoms with Crippen LogP contribution in [0.3, 0.4) is 0 Å². The first-order valence-corrected chi connectivity index (χ1v) is 6.68. The molecule has 3 nitrogen and oxygen atoms in total. The van der Waals surface area contributed by atoms with Crippen LogP contribution in [0.2, 0.25) is 0 Å². The van der Waals surface area contributed by atoms with Crippen molar-refractivity contribution in [1.29, 1.82) is 0 Å². The number of hydrogen-bond donors (Lipinski definition) is 1. The lowest BCUT2D eigenvalue weighted by atomic mass is 10.00. The Kier molecular flexibility index (Phi) is 3.85. The molecule has 1 saturated carbocycles. The van der Waals surface area contributed by atoms with E-state index in [1.807, 2.05) is 0 Å². The highest BCUT2D eigenvalue weighted by atomic mass is 16.4. The molecule has 0 aromatic heterocycles. The third-order valence-electron chi connectivity index (χ3n) is 4.33. The van der Waals surface area contributed by atoms with Crippen molar-refractivity contribution in [3.05, 3.63) is 0 Å². The second-order valence-electron chi connectivity index (χ2n) is 5.38. The largest absolute Gasteiger partial charge is 0.481 e. The summed E-state index contributed by atoms with van der Waals surface area (Å²) in [4.78, 5) is 13.7. The summed E-state index contributed by atoms with van der Waals surface area (Å²) < 4.78 is 0. The van der Waals surface area contributed by atoms with Crippen LogP contribution in [-0.2, 0) is 4.79 Å². The smallest absolute Gasteiger partial charge is 0.308 e. The highest BCUT2D eigenvalue weighted by molar-refractivity contribution is 5.71. The SMILES string of the molecule is CC1CCCCCN1C1CCCC1C(=O)O. The van der Waals surface area contributed by atoms with E-state index in [1.54, 1.807) is 0 Å². The highest BCUT2D eigenvalue weighted by Gasteiger charge is 2.38. The van der Waals surface area contributed by atoms with Gasteiger partial charge in [-0.2, -0.15) is 0 Å². The maximum absolute atomic E-state index is 11.2. The zero-order valence-corrected chi connectivity index (χ0v) is 10.2. The molecule has 0 spiro atoms. The van der Waals surface area contributed by atoms with Gasteiger partial charge in [0, 0.05) is 12.1 Å². The van der Waals surface area contributed by atoms with Crippen molar-refractivity contribution in [2.45, 2.75) is 64.0 Å². The second-order valence-corrected chi connectivity index (χ2v) is 5.38. The van der Waals surface area contributed by atoms with E-state index >= 15 is 0 Å². The molecule has 92 valence electrons. The Hall–Kier alpha value is -0.570. The van der Waals surface area contributed by atoms with Crippen LogP contribution in [0.15, 0.2) is 0 Å². The van der Waals surface area contributed by atoms with E-state index < -0.39 is 5.97 Å². The molecule has 3 atom stereocenters. The number of rotatable bonds is 2. The van der Waals surface area contributed by atoms with E-state index in [4.69, 9.17) is 0 Å². The first-order chi connectivity index (χ1) is 7.70. The molecule has 16 heavy (non-hydrogen) atoms. The Morgan fingerprint density at radius 3 is 2.69 bits per heavy atom. The molecule has 2 fully saturated rings. The summed E-state index contributed by atoms with van der Waals surface area (Å²) in [6.45, 7) is 3.37. The van der Waals surface area contributed by atoms with Crippen LogP contribution in [-0.4, -0.2) is 34.6 Å². The van der Waals surface area contributed by atoms with Crippen LogP contribution in [0, 0.1) is 5.92 Å². The van der Waals surface area contributed by atoms with E-state index in [0.717, 1.165) is 25.8 Å². The zero-order valence-electron chi connectivity index (χ0n) is 10.2. The molecular weight excluding hydrogens is 202 g/mol. The summed E-state index contributed by atoms with van der Waals surface area (Å²) in [5.41, 5.74) is 0. The minimum atomic E-state index is -0.584. The van der Waals surface area contributed by atoms with Crippen LogP contribution in [0.1, 0.15) is 51.9 Å². The number of carboxylic acids is 1. The summed E-state index contributed by atoms with van der Waals surface area (Å²) >= 11 is 0. The molecule has 2 rings (SSSR count). The molecule has 1 saturated heterocycles. The Balaban J connectivity index is 2.06. The lowest BCUT2D eigenvalue weighted by molar-refractivity contribution is -0.143. The maximum Gasteiger partial charge on any atom is 0.308 e. The minimum absolute atomic E-state index is 0.111. The number of aliphatic carboxylic acids is 1. The van der Waals surface area contributed by atoms with Gasteiger partial charge in [-0.1, -0.05) is 19.3 Å². The number of nitrogens with zero attached hydrogens (tertiary/aromatic N) is 1. The molecule has 2 aliphatic rings. The van der Waals surface area contributed by atoms with Crippen LogP contribution in [0.25, 0.3) is 0 Å². The number of hydrogen-bond acceptors (Lipinski definition) is 2. The second kappa shape index (κ2) is 5.17. The Morgan fingerprint density at radius 2 is 1.94 bits per heavy atom. The molecule has 0 aromatic rings. The van der Waals surface area contributed by atoms with Gasteiger partial charge < -0.3 is 5.11 Å². The van der Waals surface area contributed by atoms with Crippen molar-refractivity contribution in [2.24, 2.45) is 5.92 Å². The van der Waals surface area contributed by atoms with E-state index in [-0.39, 0.29) is 5.92 Å². The third-order valence-corrected chi connectivity index (χ3v) is 4.33. The Labute approximate surface area is 97.8 Å². The molecule has 1 N–H and O–H groups in total. The van der Waals surface area contributed by atoms with Gasteiger partial charge in [0.2, 0.25) is 0 Å². The van der Waals surface area contributed by atoms with Crippen molar-refractivity contribution in [1.82, 2.24) is 4.90 Å². The zero-order chi connectivity index (χ0) is 11.5. The molecule has 0 radical (unpaired) electrons. The molecule has 3 unspecified atom stereocenters. The van der Waals surface area contributed by atoms with Gasteiger partial charge in [0.05, 0.1) is 5.92 Å². The average molecular weight is 225 g/mol. The third kappa shape index (κ3) is 2.40. The van der Waals surface area contributed by atoms with Crippen LogP contribution >= 0.6 is 0 Å². The molecule has 0 amide bonds. The van der Waals surface area contributed by atoms with Gasteiger partial charge >= 0.3 is 5.97 Å². The summed E-state index contributed by atoms with van der Waals surface area (Å²) in [5, 5.41) is 9.24. The quantitative estimate of drug-likeness (QED) is 0.785. The summed E-state index contributed by atoms with van der Waals surface area (Å²) in [6.07, 6.45) is 8.15. The van der Waals surface area contributed by atoms with E-state index in [1.165, 1.54) is 25.7 Å². The lowest BCUT2D eigenvalue weighted by Gasteiger charge is -2.35. The molecule has 1 aliphatic heterocycles. The standard InChI is InChI=1S/C13H23NO2/c1-10-6-3-2-4-9-14(10)12-8-5-7-11(12)13(15)16/h10-12H,2-9H2,1H3,(H,15,16). The molecule has 1 aliphatic carbocycles. The fourth-order valence-electron chi connectivity index (χ4n) is 3.42. The van der Waals surface area contributed by atoms with E-state index in [0.29, 0.717) is 12.1 Å². The predicted molar refractivity (Wildman–Crippen MR) is 63.4 cm³/mol. The van der Waals surface area contributed by atoms with Gasteiger partial charge in [-0.05, 0) is 39.2 Å². The fraction of sp³-hybridized carbons (Fsp3) is 0.923. The first kappa shape index (κ1) is 11.9. The van der Waals surface area contributed by atoms with Gasteiger partial charge in [0.15, 0.2) is 0 Å². The van der Waals surface area contributed by atoms with Crippen molar-refractivity contribution in [2.75, 3.05) is 6.54 Å². The molecule has 3 heteroatoms. The van der Waals surface area contributed by atoms with Crippen molar-refractivity contribution in [3.8, 4) is 0 Å². The molecule has 0 bridgehead atoms. The first-order valence-electron chi connectivity index (χ1n) is 6.68. The molecular formula is C13H23NO2. The summed E-state index contributed by atoms with van der Waals surface area (Å²) in [6, 6.07) is 0.887. The van der Waals surface area contributed by atoms with Gasteiger partial charge in [-0.25, -0.2) is 0 Å². The van der Waals surface area contributed by atoms with Gasteiger partial charge in [-0.15, -0.1) is 0 Å². The lowest BCUT2D eigenvalue weighted by Crippen LogP contribution is -2.45. The Morgan fingerprint density at radius 1 is 1.12 bits per heavy atom. The summed E-state index contributed by atoms with van der Waals surface area (Å²) in [7, 11) is 0. The van der Waals surface area contributed by atoms with Crippen LogP contribution < -0.4 is 0 Å². The van der Waals surface area contributed by atoms with Crippen LogP contribution in [0.5, 0.6) is 0 Å². The van der Waals surface area contributed by atoms with Gasteiger partial charge in [-0.3, -0.25) is 9.69 Å². The maximum atomic E-state index is 11.2. The van der Waals surface area contributed by atoms with Crippen LogP contribution in [0.4, 0.5) is 0 Å². The highest BCUT2D eigenvalue weighted by Crippen LogP contribution is 2.33. The average Bonchev–Trinajstić information content (AvgIpc) is 2.63. The molecule has 0 aromatic carbocycles.